The van der Waals surface area contributed by atoms with Gasteiger partial charge in [0.2, 0.25) is 8.32 Å². The van der Waals surface area contributed by atoms with Gasteiger partial charge in [-0.15, -0.1) is 0 Å². The molecule has 0 aliphatic heterocycles. The van der Waals surface area contributed by atoms with Gasteiger partial charge in [0.15, 0.2) is 12.2 Å². The van der Waals surface area contributed by atoms with Gasteiger partial charge in [0.05, 0.1) is 20.0 Å². The van der Waals surface area contributed by atoms with E-state index in [1.54, 1.807) is 0 Å². The van der Waals surface area contributed by atoms with Gasteiger partial charge < -0.3 is 24.1 Å². The molecule has 0 saturated heterocycles. The van der Waals surface area contributed by atoms with Gasteiger partial charge >= 0.3 is 11.9 Å². The van der Waals surface area contributed by atoms with Gasteiger partial charge in [-0.3, -0.25) is 0 Å². The fraction of sp³-hybridized carbons (Fsp3) is 0.733. The van der Waals surface area contributed by atoms with Gasteiger partial charge in [-0.05, 0) is 24.2 Å². The number of hydrogen-bond donors (Lipinski definition) is 2. The minimum absolute atomic E-state index is 0.140. The molecule has 0 aromatic rings. The summed E-state index contributed by atoms with van der Waals surface area (Å²) in [6.07, 6.45) is -2.03. The predicted octanol–water partition coefficient (Wildman–Crippen LogP) is 1.35. The van der Waals surface area contributed by atoms with E-state index in [0.717, 1.165) is 20.3 Å². The monoisotopic (exact) mass is 348 g/mol. The highest BCUT2D eigenvalue weighted by Crippen LogP contribution is 2.38. The maximum atomic E-state index is 11.4. The van der Waals surface area contributed by atoms with E-state index in [2.05, 4.69) is 9.47 Å². The van der Waals surface area contributed by atoms with Crippen LogP contribution in [0.3, 0.4) is 0 Å². The number of methoxy groups -OCH3 is 2. The Morgan fingerprint density at radius 3 is 1.96 bits per heavy atom. The van der Waals surface area contributed by atoms with Crippen LogP contribution in [0.5, 0.6) is 0 Å². The van der Waals surface area contributed by atoms with E-state index in [1.165, 1.54) is 0 Å². The van der Waals surface area contributed by atoms with Crippen molar-refractivity contribution in [2.75, 3.05) is 14.2 Å². The second-order valence-corrected chi connectivity index (χ2v) is 11.4. The lowest BCUT2D eigenvalue weighted by Crippen LogP contribution is -2.41. The van der Waals surface area contributed by atoms with Crippen LogP contribution in [0.4, 0.5) is 0 Å². The molecule has 0 aromatic heterocycles. The van der Waals surface area contributed by atoms with E-state index in [-0.39, 0.29) is 17.2 Å². The van der Waals surface area contributed by atoms with E-state index in [4.69, 9.17) is 4.43 Å². The summed E-state index contributed by atoms with van der Waals surface area (Å²) in [4.78, 5) is 22.8. The molecule has 0 radical (unpaired) electrons. The van der Waals surface area contributed by atoms with Crippen LogP contribution in [0.15, 0.2) is 11.8 Å². The largest absolute Gasteiger partial charge is 0.547 e. The molecule has 0 heterocycles. The highest BCUT2D eigenvalue weighted by atomic mass is 28.4. The lowest BCUT2D eigenvalue weighted by Gasteiger charge is -2.37. The number of rotatable bonds is 7. The summed E-state index contributed by atoms with van der Waals surface area (Å²) >= 11 is 0. The summed E-state index contributed by atoms with van der Waals surface area (Å²) in [5.41, 5.74) is 0. The van der Waals surface area contributed by atoms with E-state index < -0.39 is 32.5 Å². The van der Waals surface area contributed by atoms with Crippen molar-refractivity contribution in [2.45, 2.75) is 57.5 Å². The minimum Gasteiger partial charge on any atom is -0.547 e. The number of carbonyl (C=O) groups excluding carboxylic acids is 2. The molecule has 0 aliphatic rings. The first kappa shape index (κ1) is 21.6. The number of aliphatic hydroxyl groups excluding tert-OH is 2. The van der Waals surface area contributed by atoms with Crippen molar-refractivity contribution in [1.29, 1.82) is 0 Å². The molecule has 0 aliphatic carbocycles. The SMILES string of the molecule is COC(=O)[C@H](O)C=C(C[C@@H](O)C(=O)OC)O[Si](C)(C)C(C)(C)C. The normalized spacial score (nSPS) is 15.6. The first-order valence-corrected chi connectivity index (χ1v) is 10.2. The Balaban J connectivity index is 5.43. The van der Waals surface area contributed by atoms with E-state index >= 15 is 0 Å². The summed E-state index contributed by atoms with van der Waals surface area (Å²) in [5.74, 6) is -1.51. The molecule has 0 unspecified atom stereocenters. The third-order valence-corrected chi connectivity index (χ3v) is 8.23. The zero-order valence-corrected chi connectivity index (χ0v) is 15.9. The van der Waals surface area contributed by atoms with Crippen molar-refractivity contribution in [2.24, 2.45) is 0 Å². The zero-order chi connectivity index (χ0) is 18.4. The second-order valence-electron chi connectivity index (χ2n) is 6.71. The fourth-order valence-corrected chi connectivity index (χ4v) is 2.51. The van der Waals surface area contributed by atoms with Crippen molar-refractivity contribution in [3.05, 3.63) is 11.8 Å². The van der Waals surface area contributed by atoms with Crippen molar-refractivity contribution in [3.63, 3.8) is 0 Å². The molecular formula is C15H28O7Si. The number of aliphatic hydroxyl groups is 2. The molecule has 0 rings (SSSR count). The maximum absolute atomic E-state index is 11.4. The fourth-order valence-electron chi connectivity index (χ4n) is 1.40. The van der Waals surface area contributed by atoms with Crippen LogP contribution in [-0.4, -0.2) is 56.9 Å². The van der Waals surface area contributed by atoms with Crippen LogP contribution < -0.4 is 0 Å². The average molecular weight is 348 g/mol. The average Bonchev–Trinajstić information content (AvgIpc) is 2.43. The van der Waals surface area contributed by atoms with Crippen LogP contribution in [0.25, 0.3) is 0 Å². The Hall–Kier alpha value is -1.38. The third kappa shape index (κ3) is 6.72. The van der Waals surface area contributed by atoms with Gasteiger partial charge in [0.25, 0.3) is 0 Å². The topological polar surface area (TPSA) is 102 Å². The molecule has 2 atom stereocenters. The van der Waals surface area contributed by atoms with Gasteiger partial charge in [-0.25, -0.2) is 9.59 Å². The number of esters is 2. The molecule has 134 valence electrons. The molecule has 0 aromatic carbocycles. The lowest BCUT2D eigenvalue weighted by molar-refractivity contribution is -0.150. The molecule has 8 heteroatoms. The summed E-state index contributed by atoms with van der Waals surface area (Å²) in [6.45, 7) is 9.99. The maximum Gasteiger partial charge on any atom is 0.338 e. The van der Waals surface area contributed by atoms with Crippen LogP contribution in [0.1, 0.15) is 27.2 Å². The van der Waals surface area contributed by atoms with Gasteiger partial charge in [-0.2, -0.15) is 0 Å². The molecular weight excluding hydrogens is 320 g/mol. The number of carbonyl (C=O) groups is 2. The Morgan fingerprint density at radius 2 is 1.57 bits per heavy atom. The van der Waals surface area contributed by atoms with Gasteiger partial charge in [0.1, 0.15) is 0 Å². The zero-order valence-electron chi connectivity index (χ0n) is 14.9. The van der Waals surface area contributed by atoms with E-state index in [1.807, 2.05) is 33.9 Å². The molecule has 0 bridgehead atoms. The number of hydrogen-bond acceptors (Lipinski definition) is 7. The Morgan fingerprint density at radius 1 is 1.09 bits per heavy atom. The third-order valence-electron chi connectivity index (χ3n) is 3.85. The van der Waals surface area contributed by atoms with Crippen molar-refractivity contribution < 1.29 is 33.7 Å². The van der Waals surface area contributed by atoms with E-state index in [0.29, 0.717) is 0 Å². The van der Waals surface area contributed by atoms with E-state index in [9.17, 15) is 19.8 Å². The Bertz CT molecular complexity index is 451. The molecule has 7 nitrogen and oxygen atoms in total. The highest BCUT2D eigenvalue weighted by molar-refractivity contribution is 6.74. The summed E-state index contributed by atoms with van der Waals surface area (Å²) in [5, 5.41) is 19.5. The minimum atomic E-state index is -2.29. The smallest absolute Gasteiger partial charge is 0.338 e. The lowest BCUT2D eigenvalue weighted by atomic mass is 10.2. The predicted molar refractivity (Wildman–Crippen MR) is 87.0 cm³/mol. The quantitative estimate of drug-likeness (QED) is 0.407. The van der Waals surface area contributed by atoms with Crippen LogP contribution >= 0.6 is 0 Å². The first-order valence-electron chi connectivity index (χ1n) is 7.27. The van der Waals surface area contributed by atoms with Crippen molar-refractivity contribution in [1.82, 2.24) is 0 Å². The first-order chi connectivity index (χ1) is 10.4. The Kier molecular flexibility index (Phi) is 7.95. The van der Waals surface area contributed by atoms with Crippen LogP contribution in [0, 0.1) is 0 Å². The summed E-state index contributed by atoms with van der Waals surface area (Å²) in [7, 11) is 0.0232. The van der Waals surface area contributed by atoms with Gasteiger partial charge in [0, 0.05) is 6.42 Å². The van der Waals surface area contributed by atoms with Crippen molar-refractivity contribution in [3.8, 4) is 0 Å². The molecule has 2 N–H and O–H groups in total. The number of ether oxygens (including phenoxy) is 2. The van der Waals surface area contributed by atoms with Crippen molar-refractivity contribution >= 4 is 20.3 Å². The molecule has 0 spiro atoms. The van der Waals surface area contributed by atoms with Crippen LogP contribution in [-0.2, 0) is 23.5 Å². The van der Waals surface area contributed by atoms with Crippen LogP contribution in [0.2, 0.25) is 18.1 Å². The summed E-state index contributed by atoms with van der Waals surface area (Å²) in [6, 6.07) is 0. The molecule has 0 fully saturated rings. The second kappa shape index (κ2) is 8.46. The van der Waals surface area contributed by atoms with Gasteiger partial charge in [-0.1, -0.05) is 20.8 Å². The summed E-state index contributed by atoms with van der Waals surface area (Å²) < 4.78 is 14.9. The molecule has 23 heavy (non-hydrogen) atoms. The molecule has 0 saturated carbocycles. The standard InChI is InChI=1S/C15H28O7Si/c1-15(2,3)23(6,7)22-10(8-11(16)13(18)20-4)9-12(17)14(19)21-5/h8,11-12,16-17H,9H2,1-7H3/t11-,12-/m1/s1. The Labute approximate surface area is 138 Å². The molecule has 0 amide bonds. The highest BCUT2D eigenvalue weighted by Gasteiger charge is 2.40.